The van der Waals surface area contributed by atoms with Crippen LogP contribution < -0.4 is 5.32 Å². The Morgan fingerprint density at radius 3 is 2.74 bits per heavy atom. The van der Waals surface area contributed by atoms with Crippen molar-refractivity contribution in [3.63, 3.8) is 0 Å². The maximum absolute atomic E-state index is 12.0. The standard InChI is InChI=1S/C13H16N2O4/c16-8-9-5-6-15(7-9)13(19)14-11-4-2-1-3-10(11)12(17)18/h1-4,9,16H,5-8H2,(H,14,19)(H,17,18). The van der Waals surface area contributed by atoms with Crippen molar-refractivity contribution < 1.29 is 19.8 Å². The van der Waals surface area contributed by atoms with Crippen LogP contribution in [0.5, 0.6) is 0 Å². The first-order chi connectivity index (χ1) is 9.11. The number of hydrogen-bond donors (Lipinski definition) is 3. The highest BCUT2D eigenvalue weighted by Crippen LogP contribution is 2.19. The number of nitrogens with zero attached hydrogens (tertiary/aromatic N) is 1. The lowest BCUT2D eigenvalue weighted by atomic mass is 10.1. The third kappa shape index (κ3) is 3.03. The zero-order valence-electron chi connectivity index (χ0n) is 10.4. The number of likely N-dealkylation sites (tertiary alicyclic amines) is 1. The van der Waals surface area contributed by atoms with E-state index in [2.05, 4.69) is 5.32 Å². The molecule has 19 heavy (non-hydrogen) atoms. The second kappa shape index (κ2) is 5.71. The van der Waals surface area contributed by atoms with Gasteiger partial charge in [0.2, 0.25) is 0 Å². The monoisotopic (exact) mass is 264 g/mol. The van der Waals surface area contributed by atoms with Gasteiger partial charge in [-0.2, -0.15) is 0 Å². The van der Waals surface area contributed by atoms with Crippen LogP contribution in [-0.4, -0.2) is 46.8 Å². The zero-order chi connectivity index (χ0) is 13.8. The van der Waals surface area contributed by atoms with E-state index in [1.54, 1.807) is 23.1 Å². The molecule has 1 aromatic carbocycles. The van der Waals surface area contributed by atoms with Crippen molar-refractivity contribution in [1.82, 2.24) is 4.90 Å². The van der Waals surface area contributed by atoms with Crippen molar-refractivity contribution in [3.05, 3.63) is 29.8 Å². The SMILES string of the molecule is O=C(O)c1ccccc1NC(=O)N1CCC(CO)C1. The Morgan fingerprint density at radius 2 is 2.11 bits per heavy atom. The van der Waals surface area contributed by atoms with Gasteiger partial charge in [-0.15, -0.1) is 0 Å². The number of hydrogen-bond acceptors (Lipinski definition) is 3. The Kier molecular flexibility index (Phi) is 4.01. The fraction of sp³-hybridized carbons (Fsp3) is 0.385. The van der Waals surface area contributed by atoms with Crippen LogP contribution in [0, 0.1) is 5.92 Å². The number of carboxylic acid groups (broad SMARTS) is 1. The first-order valence-electron chi connectivity index (χ1n) is 6.11. The molecule has 3 N–H and O–H groups in total. The first kappa shape index (κ1) is 13.4. The molecule has 1 saturated heterocycles. The van der Waals surface area contributed by atoms with Crippen molar-refractivity contribution in [2.24, 2.45) is 5.92 Å². The summed E-state index contributed by atoms with van der Waals surface area (Å²) in [5.74, 6) is -0.967. The number of aliphatic hydroxyl groups is 1. The average molecular weight is 264 g/mol. The van der Waals surface area contributed by atoms with Gasteiger partial charge >= 0.3 is 12.0 Å². The Bertz CT molecular complexity index is 489. The third-order valence-electron chi connectivity index (χ3n) is 3.23. The first-order valence-corrected chi connectivity index (χ1v) is 6.11. The third-order valence-corrected chi connectivity index (χ3v) is 3.23. The van der Waals surface area contributed by atoms with Crippen LogP contribution in [0.3, 0.4) is 0 Å². The van der Waals surface area contributed by atoms with Gasteiger partial charge < -0.3 is 20.4 Å². The van der Waals surface area contributed by atoms with Crippen LogP contribution in [0.1, 0.15) is 16.8 Å². The minimum absolute atomic E-state index is 0.0637. The summed E-state index contributed by atoms with van der Waals surface area (Å²) in [5, 5.41) is 20.7. The highest BCUT2D eigenvalue weighted by molar-refractivity contribution is 6.00. The van der Waals surface area contributed by atoms with Crippen LogP contribution in [0.2, 0.25) is 0 Å². The van der Waals surface area contributed by atoms with Crippen molar-refractivity contribution in [2.75, 3.05) is 25.0 Å². The molecule has 1 unspecified atom stereocenters. The fourth-order valence-electron chi connectivity index (χ4n) is 2.14. The molecule has 2 amide bonds. The minimum Gasteiger partial charge on any atom is -0.478 e. The van der Waals surface area contributed by atoms with Crippen molar-refractivity contribution >= 4 is 17.7 Å². The number of aromatic carboxylic acids is 1. The fourth-order valence-corrected chi connectivity index (χ4v) is 2.14. The van der Waals surface area contributed by atoms with Crippen molar-refractivity contribution in [3.8, 4) is 0 Å². The number of carbonyl (C=O) groups excluding carboxylic acids is 1. The summed E-state index contributed by atoms with van der Waals surface area (Å²) < 4.78 is 0. The Hall–Kier alpha value is -2.08. The second-order valence-corrected chi connectivity index (χ2v) is 4.56. The number of amides is 2. The van der Waals surface area contributed by atoms with Gasteiger partial charge in [-0.25, -0.2) is 9.59 Å². The summed E-state index contributed by atoms with van der Waals surface area (Å²) in [4.78, 5) is 24.6. The molecule has 1 fully saturated rings. The minimum atomic E-state index is -1.08. The maximum atomic E-state index is 12.0. The predicted octanol–water partition coefficient (Wildman–Crippen LogP) is 1.23. The van der Waals surface area contributed by atoms with Gasteiger partial charge in [-0.1, -0.05) is 12.1 Å². The van der Waals surface area contributed by atoms with E-state index < -0.39 is 5.97 Å². The van der Waals surface area contributed by atoms with Crippen LogP contribution >= 0.6 is 0 Å². The largest absolute Gasteiger partial charge is 0.478 e. The molecular weight excluding hydrogens is 248 g/mol. The molecule has 1 heterocycles. The number of benzene rings is 1. The van der Waals surface area contributed by atoms with Crippen LogP contribution in [-0.2, 0) is 0 Å². The quantitative estimate of drug-likeness (QED) is 0.766. The summed E-state index contributed by atoms with van der Waals surface area (Å²) >= 11 is 0. The predicted molar refractivity (Wildman–Crippen MR) is 69.2 cm³/mol. The molecule has 1 atom stereocenters. The van der Waals surface area contributed by atoms with E-state index in [4.69, 9.17) is 10.2 Å². The van der Waals surface area contributed by atoms with Gasteiger partial charge in [0.15, 0.2) is 0 Å². The number of nitrogens with one attached hydrogen (secondary N) is 1. The lowest BCUT2D eigenvalue weighted by Gasteiger charge is -2.17. The van der Waals surface area contributed by atoms with E-state index in [0.717, 1.165) is 6.42 Å². The molecular formula is C13H16N2O4. The van der Waals surface area contributed by atoms with Crippen LogP contribution in [0.4, 0.5) is 10.5 Å². The molecule has 6 heteroatoms. The summed E-state index contributed by atoms with van der Waals surface area (Å²) in [6, 6.07) is 5.95. The molecule has 6 nitrogen and oxygen atoms in total. The molecule has 0 saturated carbocycles. The highest BCUT2D eigenvalue weighted by atomic mass is 16.4. The Morgan fingerprint density at radius 1 is 1.37 bits per heavy atom. The van der Waals surface area contributed by atoms with E-state index in [0.29, 0.717) is 13.1 Å². The zero-order valence-corrected chi connectivity index (χ0v) is 10.4. The number of aliphatic hydroxyl groups excluding tert-OH is 1. The van der Waals surface area contributed by atoms with Gasteiger partial charge in [0, 0.05) is 25.6 Å². The number of rotatable bonds is 3. The van der Waals surface area contributed by atoms with Crippen molar-refractivity contribution in [1.29, 1.82) is 0 Å². The average Bonchev–Trinajstić information content (AvgIpc) is 2.88. The molecule has 0 aromatic heterocycles. The molecule has 1 aromatic rings. The topological polar surface area (TPSA) is 89.9 Å². The molecule has 0 bridgehead atoms. The van der Waals surface area contributed by atoms with Crippen LogP contribution in [0.15, 0.2) is 24.3 Å². The number of para-hydroxylation sites is 1. The second-order valence-electron chi connectivity index (χ2n) is 4.56. The maximum Gasteiger partial charge on any atom is 0.337 e. The summed E-state index contributed by atoms with van der Waals surface area (Å²) in [6.45, 7) is 1.14. The van der Waals surface area contributed by atoms with E-state index in [9.17, 15) is 9.59 Å². The molecule has 102 valence electrons. The van der Waals surface area contributed by atoms with Gasteiger partial charge in [0.25, 0.3) is 0 Å². The Balaban J connectivity index is 2.05. The smallest absolute Gasteiger partial charge is 0.337 e. The van der Waals surface area contributed by atoms with Gasteiger partial charge in [0.05, 0.1) is 11.3 Å². The van der Waals surface area contributed by atoms with Gasteiger partial charge in [0.1, 0.15) is 0 Å². The molecule has 1 aliphatic rings. The lowest BCUT2D eigenvalue weighted by Crippen LogP contribution is -2.33. The number of carbonyl (C=O) groups is 2. The van der Waals surface area contributed by atoms with E-state index >= 15 is 0 Å². The van der Waals surface area contributed by atoms with Crippen LogP contribution in [0.25, 0.3) is 0 Å². The van der Waals surface area contributed by atoms with E-state index in [1.165, 1.54) is 6.07 Å². The summed E-state index contributed by atoms with van der Waals surface area (Å²) in [6.07, 6.45) is 0.768. The molecule has 0 aliphatic carbocycles. The summed E-state index contributed by atoms with van der Waals surface area (Å²) in [7, 11) is 0. The van der Waals surface area contributed by atoms with Crippen molar-refractivity contribution in [2.45, 2.75) is 6.42 Å². The Labute approximate surface area is 110 Å². The normalized spacial score (nSPS) is 18.4. The van der Waals surface area contributed by atoms with E-state index in [-0.39, 0.29) is 29.8 Å². The highest BCUT2D eigenvalue weighted by Gasteiger charge is 2.26. The molecule has 1 aliphatic heterocycles. The van der Waals surface area contributed by atoms with Gasteiger partial charge in [-0.3, -0.25) is 0 Å². The number of carboxylic acids is 1. The number of urea groups is 1. The molecule has 2 rings (SSSR count). The molecule has 0 radical (unpaired) electrons. The molecule has 0 spiro atoms. The lowest BCUT2D eigenvalue weighted by molar-refractivity contribution is 0.0698. The van der Waals surface area contributed by atoms with Gasteiger partial charge in [-0.05, 0) is 18.6 Å². The summed E-state index contributed by atoms with van der Waals surface area (Å²) in [5.41, 5.74) is 0.348. The number of anilines is 1. The van der Waals surface area contributed by atoms with E-state index in [1.807, 2.05) is 0 Å².